The third-order valence-corrected chi connectivity index (χ3v) is 5.67. The van der Waals surface area contributed by atoms with Crippen LogP contribution in [0.1, 0.15) is 39.2 Å². The number of benzene rings is 1. The van der Waals surface area contributed by atoms with E-state index in [4.69, 9.17) is 13.6 Å². The van der Waals surface area contributed by atoms with Crippen molar-refractivity contribution in [2.24, 2.45) is 0 Å². The molecule has 1 fully saturated rings. The summed E-state index contributed by atoms with van der Waals surface area (Å²) in [5.41, 5.74) is -0.274. The van der Waals surface area contributed by atoms with Crippen LogP contribution in [0.3, 0.4) is 0 Å². The lowest BCUT2D eigenvalue weighted by Gasteiger charge is -2.33. The minimum absolute atomic E-state index is 0.316. The van der Waals surface area contributed by atoms with Crippen LogP contribution >= 0.6 is 0 Å². The number of fused-ring (bicyclic) bond motifs is 2. The van der Waals surface area contributed by atoms with Gasteiger partial charge in [0.1, 0.15) is 11.2 Å². The molecule has 0 bridgehead atoms. The molecule has 3 aromatic rings. The topological polar surface area (TPSA) is 93.0 Å². The first-order valence-electron chi connectivity index (χ1n) is 9.18. The average molecular weight is 372 g/mol. The lowest BCUT2D eigenvalue weighted by Crippen LogP contribution is -2.44. The van der Waals surface area contributed by atoms with Crippen molar-refractivity contribution in [3.05, 3.63) is 46.5 Å². The van der Waals surface area contributed by atoms with Gasteiger partial charge in [0, 0.05) is 29.3 Å². The molecule has 0 saturated carbocycles. The van der Waals surface area contributed by atoms with Crippen LogP contribution in [0.2, 0.25) is 0 Å². The number of ether oxygens (including phenoxy) is 1. The molecule has 144 valence electrons. The molecule has 0 radical (unpaired) electrons. The predicted molar refractivity (Wildman–Crippen MR) is 101 cm³/mol. The fraction of sp³-hybridized carbons (Fsp3) is 0.476. The van der Waals surface area contributed by atoms with Crippen molar-refractivity contribution in [3.8, 4) is 0 Å². The Morgan fingerprint density at radius 2 is 2.00 bits per heavy atom. The molecule has 0 spiro atoms. The zero-order valence-corrected chi connectivity index (χ0v) is 15.7. The lowest BCUT2D eigenvalue weighted by molar-refractivity contribution is -0.152. The van der Waals surface area contributed by atoms with Crippen LogP contribution in [0.5, 0.6) is 0 Å². The van der Waals surface area contributed by atoms with Gasteiger partial charge in [-0.3, -0.25) is 0 Å². The monoisotopic (exact) mass is 372 g/mol. The molecule has 0 unspecified atom stereocenters. The molecule has 0 aliphatic carbocycles. The van der Waals surface area contributed by atoms with Crippen LogP contribution < -0.4 is 5.63 Å². The third-order valence-electron chi connectivity index (χ3n) is 5.67. The molecule has 0 amide bonds. The highest BCUT2D eigenvalue weighted by molar-refractivity contribution is 5.97. The molecule has 1 aliphatic heterocycles. The number of aliphatic hydroxyl groups is 2. The van der Waals surface area contributed by atoms with Gasteiger partial charge in [0.25, 0.3) is 0 Å². The maximum Gasteiger partial charge on any atom is 0.336 e. The molecule has 2 aromatic heterocycles. The second-order valence-corrected chi connectivity index (χ2v) is 8.19. The molecule has 3 atom stereocenters. The van der Waals surface area contributed by atoms with Crippen molar-refractivity contribution in [1.82, 2.24) is 0 Å². The molecule has 27 heavy (non-hydrogen) atoms. The first-order valence-corrected chi connectivity index (χ1v) is 9.18. The van der Waals surface area contributed by atoms with E-state index < -0.39 is 22.9 Å². The molecule has 4 rings (SSSR count). The normalized spacial score (nSPS) is 24.7. The van der Waals surface area contributed by atoms with Gasteiger partial charge < -0.3 is 23.8 Å². The maximum absolute atomic E-state index is 11.6. The minimum Gasteiger partial charge on any atom is -0.464 e. The van der Waals surface area contributed by atoms with Crippen molar-refractivity contribution in [1.29, 1.82) is 0 Å². The van der Waals surface area contributed by atoms with Crippen LogP contribution in [0.15, 0.2) is 44.2 Å². The van der Waals surface area contributed by atoms with Gasteiger partial charge in [0.2, 0.25) is 0 Å². The standard InChI is InChI=1S/C21H24O6/c1-20(2,24)18-6-8-21(3,27-18)17(22)10-14-12-4-5-19(23)26-16(12)11-15-13(14)7-9-25-15/h4-5,7,9,11,17-18,22,24H,6,8,10H2,1-3H3/t17-,18-,21+/m0/s1. The number of rotatable bonds is 4. The van der Waals surface area contributed by atoms with Crippen LogP contribution in [0, 0.1) is 0 Å². The lowest BCUT2D eigenvalue weighted by atomic mass is 9.88. The average Bonchev–Trinajstić information content (AvgIpc) is 3.21. The van der Waals surface area contributed by atoms with Crippen molar-refractivity contribution in [3.63, 3.8) is 0 Å². The van der Waals surface area contributed by atoms with E-state index in [-0.39, 0.29) is 6.10 Å². The van der Waals surface area contributed by atoms with Crippen molar-refractivity contribution >= 4 is 21.9 Å². The summed E-state index contributed by atoms with van der Waals surface area (Å²) in [5, 5.41) is 22.9. The Morgan fingerprint density at radius 1 is 1.26 bits per heavy atom. The quantitative estimate of drug-likeness (QED) is 0.684. The second-order valence-electron chi connectivity index (χ2n) is 8.19. The number of hydrogen-bond acceptors (Lipinski definition) is 6. The zero-order chi connectivity index (χ0) is 19.4. The summed E-state index contributed by atoms with van der Waals surface area (Å²) in [7, 11) is 0. The molecule has 6 heteroatoms. The first kappa shape index (κ1) is 18.2. The molecule has 3 heterocycles. The van der Waals surface area contributed by atoms with E-state index in [0.29, 0.717) is 30.4 Å². The summed E-state index contributed by atoms with van der Waals surface area (Å²) in [6.45, 7) is 5.32. The summed E-state index contributed by atoms with van der Waals surface area (Å²) < 4.78 is 16.9. The van der Waals surface area contributed by atoms with Gasteiger partial charge in [0.15, 0.2) is 0 Å². The van der Waals surface area contributed by atoms with Crippen LogP contribution in [-0.4, -0.2) is 33.6 Å². The van der Waals surface area contributed by atoms with Crippen molar-refractivity contribution in [2.45, 2.75) is 63.4 Å². The summed E-state index contributed by atoms with van der Waals surface area (Å²) in [4.78, 5) is 11.6. The molecule has 2 N–H and O–H groups in total. The van der Waals surface area contributed by atoms with Crippen molar-refractivity contribution in [2.75, 3.05) is 0 Å². The molecular weight excluding hydrogens is 348 g/mol. The Morgan fingerprint density at radius 3 is 2.70 bits per heavy atom. The Labute approximate surface area is 156 Å². The highest BCUT2D eigenvalue weighted by Gasteiger charge is 2.46. The minimum atomic E-state index is -0.960. The third kappa shape index (κ3) is 3.18. The Hall–Kier alpha value is -2.15. The van der Waals surface area contributed by atoms with Gasteiger partial charge in [-0.1, -0.05) is 0 Å². The fourth-order valence-electron chi connectivity index (χ4n) is 3.97. The van der Waals surface area contributed by atoms with E-state index in [1.807, 2.05) is 13.0 Å². The number of furan rings is 1. The highest BCUT2D eigenvalue weighted by Crippen LogP contribution is 2.39. The second kappa shape index (κ2) is 6.19. The van der Waals surface area contributed by atoms with Crippen LogP contribution in [0.4, 0.5) is 0 Å². The van der Waals surface area contributed by atoms with E-state index in [2.05, 4.69) is 0 Å². The SMILES string of the molecule is CC(C)(O)[C@@H]1CC[C@](C)([C@@H](O)Cc2c3ccoc3cc3oc(=O)ccc23)O1. The zero-order valence-electron chi connectivity index (χ0n) is 15.7. The van der Waals surface area contributed by atoms with Gasteiger partial charge in [0.05, 0.1) is 29.7 Å². The summed E-state index contributed by atoms with van der Waals surface area (Å²) in [5.74, 6) is 0. The molecule has 1 aliphatic rings. The van der Waals surface area contributed by atoms with Gasteiger partial charge in [-0.25, -0.2) is 4.79 Å². The van der Waals surface area contributed by atoms with Gasteiger partial charge in [-0.2, -0.15) is 0 Å². The maximum atomic E-state index is 11.6. The Balaban J connectivity index is 1.72. The largest absolute Gasteiger partial charge is 0.464 e. The van der Waals surface area contributed by atoms with Gasteiger partial charge in [-0.05, 0) is 51.3 Å². The summed E-state index contributed by atoms with van der Waals surface area (Å²) in [6.07, 6.45) is 2.11. The Kier molecular flexibility index (Phi) is 4.18. The predicted octanol–water partition coefficient (Wildman–Crippen LogP) is 3.15. The van der Waals surface area contributed by atoms with Crippen LogP contribution in [0.25, 0.3) is 21.9 Å². The van der Waals surface area contributed by atoms with E-state index in [0.717, 1.165) is 16.3 Å². The smallest absolute Gasteiger partial charge is 0.336 e. The first-order chi connectivity index (χ1) is 12.7. The van der Waals surface area contributed by atoms with E-state index in [1.54, 1.807) is 32.2 Å². The Bertz CT molecular complexity index is 1040. The summed E-state index contributed by atoms with van der Waals surface area (Å²) >= 11 is 0. The number of aliphatic hydroxyl groups excluding tert-OH is 1. The van der Waals surface area contributed by atoms with E-state index in [9.17, 15) is 15.0 Å². The number of hydrogen-bond donors (Lipinski definition) is 2. The van der Waals surface area contributed by atoms with Gasteiger partial charge >= 0.3 is 5.63 Å². The summed E-state index contributed by atoms with van der Waals surface area (Å²) in [6, 6.07) is 6.63. The van der Waals surface area contributed by atoms with E-state index in [1.165, 1.54) is 6.07 Å². The highest BCUT2D eigenvalue weighted by atomic mass is 16.5. The molecular formula is C21H24O6. The molecule has 1 saturated heterocycles. The fourth-order valence-corrected chi connectivity index (χ4v) is 3.97. The molecule has 1 aromatic carbocycles. The van der Waals surface area contributed by atoms with Crippen LogP contribution in [-0.2, 0) is 11.2 Å². The van der Waals surface area contributed by atoms with Crippen molar-refractivity contribution < 1.29 is 23.8 Å². The molecule has 6 nitrogen and oxygen atoms in total. The van der Waals surface area contributed by atoms with Gasteiger partial charge in [-0.15, -0.1) is 0 Å². The van der Waals surface area contributed by atoms with E-state index >= 15 is 0 Å².